The summed E-state index contributed by atoms with van der Waals surface area (Å²) in [5, 5.41) is 2.60. The normalized spacial score (nSPS) is 27.2. The van der Waals surface area contributed by atoms with Crippen LogP contribution < -0.4 is 5.32 Å². The van der Waals surface area contributed by atoms with Crippen LogP contribution >= 0.6 is 0 Å². The number of amides is 3. The van der Waals surface area contributed by atoms with Crippen molar-refractivity contribution in [3.63, 3.8) is 0 Å². The lowest BCUT2D eigenvalue weighted by molar-refractivity contribution is -0.146. The van der Waals surface area contributed by atoms with Crippen LogP contribution in [-0.2, 0) is 20.6 Å². The molecule has 4 aliphatic rings. The van der Waals surface area contributed by atoms with Crippen molar-refractivity contribution >= 4 is 29.5 Å². The highest BCUT2D eigenvalue weighted by atomic mass is 19.4. The third-order valence-corrected chi connectivity index (χ3v) is 8.16. The minimum Gasteiger partial charge on any atom is -0.357 e. The van der Waals surface area contributed by atoms with E-state index < -0.39 is 41.6 Å². The molecule has 4 unspecified atom stereocenters. The lowest BCUT2D eigenvalue weighted by Gasteiger charge is -2.37. The summed E-state index contributed by atoms with van der Waals surface area (Å²) >= 11 is 0. The molecule has 0 aromatic heterocycles. The molecular formula is C28H26F3N3O3. The number of nitrogens with one attached hydrogen (secondary N) is 1. The van der Waals surface area contributed by atoms with Crippen LogP contribution in [0.15, 0.2) is 54.7 Å². The lowest BCUT2D eigenvalue weighted by atomic mass is 9.84. The van der Waals surface area contributed by atoms with E-state index in [9.17, 15) is 27.6 Å². The molecule has 1 N–H and O–H groups in total. The first-order valence-corrected chi connectivity index (χ1v) is 12.7. The zero-order chi connectivity index (χ0) is 25.9. The molecule has 192 valence electrons. The molecule has 3 fully saturated rings. The van der Waals surface area contributed by atoms with Crippen molar-refractivity contribution in [1.82, 2.24) is 9.80 Å². The fraction of sp³-hybridized carbons (Fsp3) is 0.393. The summed E-state index contributed by atoms with van der Waals surface area (Å²) in [5.41, 5.74) is 0.885. The maximum Gasteiger partial charge on any atom is 0.416 e. The third-order valence-electron chi connectivity index (χ3n) is 8.16. The highest BCUT2D eigenvalue weighted by molar-refractivity contribution is 6.11. The Morgan fingerprint density at radius 2 is 1.65 bits per heavy atom. The summed E-state index contributed by atoms with van der Waals surface area (Å²) in [7, 11) is 0. The summed E-state index contributed by atoms with van der Waals surface area (Å²) in [4.78, 5) is 44.5. The monoisotopic (exact) mass is 509 g/mol. The Morgan fingerprint density at radius 3 is 2.41 bits per heavy atom. The van der Waals surface area contributed by atoms with E-state index >= 15 is 0 Å². The minimum atomic E-state index is -4.56. The van der Waals surface area contributed by atoms with E-state index in [1.54, 1.807) is 11.1 Å². The topological polar surface area (TPSA) is 69.7 Å². The molecule has 2 aromatic rings. The molecule has 0 radical (unpaired) electrons. The molecule has 4 atom stereocenters. The van der Waals surface area contributed by atoms with E-state index in [0.29, 0.717) is 0 Å². The summed E-state index contributed by atoms with van der Waals surface area (Å²) < 4.78 is 39.7. The first kappa shape index (κ1) is 23.8. The molecule has 1 aliphatic carbocycles. The Labute approximate surface area is 212 Å². The fourth-order valence-electron chi connectivity index (χ4n) is 6.57. The smallest absolute Gasteiger partial charge is 0.357 e. The largest absolute Gasteiger partial charge is 0.416 e. The van der Waals surface area contributed by atoms with Crippen LogP contribution in [0.2, 0.25) is 0 Å². The van der Waals surface area contributed by atoms with E-state index in [1.807, 2.05) is 30.3 Å². The van der Waals surface area contributed by atoms with Gasteiger partial charge in [-0.15, -0.1) is 0 Å². The summed E-state index contributed by atoms with van der Waals surface area (Å²) in [6, 6.07) is 10.3. The Balaban J connectivity index is 1.38. The van der Waals surface area contributed by atoms with Crippen molar-refractivity contribution in [2.45, 2.75) is 56.4 Å². The van der Waals surface area contributed by atoms with Crippen LogP contribution in [0.5, 0.6) is 0 Å². The van der Waals surface area contributed by atoms with Crippen molar-refractivity contribution < 1.29 is 27.6 Å². The summed E-state index contributed by atoms with van der Waals surface area (Å²) in [6.07, 6.45) is 3.47. The number of carbonyl (C=O) groups is 3. The molecule has 3 heterocycles. The Hall–Kier alpha value is -3.62. The number of hydrogen-bond donors (Lipinski definition) is 1. The second-order valence-corrected chi connectivity index (χ2v) is 10.2. The Kier molecular flexibility index (Phi) is 5.62. The zero-order valence-corrected chi connectivity index (χ0v) is 19.9. The molecule has 1 saturated carbocycles. The van der Waals surface area contributed by atoms with Gasteiger partial charge < -0.3 is 10.2 Å². The molecule has 6 nitrogen and oxygen atoms in total. The molecule has 3 aliphatic heterocycles. The first-order valence-electron chi connectivity index (χ1n) is 12.7. The average molecular weight is 510 g/mol. The van der Waals surface area contributed by atoms with E-state index in [0.717, 1.165) is 55.4 Å². The van der Waals surface area contributed by atoms with Crippen molar-refractivity contribution in [2.75, 3.05) is 5.32 Å². The number of hydrogen-bond acceptors (Lipinski definition) is 4. The number of carbonyl (C=O) groups excluding carboxylic acids is 3. The quantitative estimate of drug-likeness (QED) is 0.592. The summed E-state index contributed by atoms with van der Waals surface area (Å²) in [5.74, 6) is -2.87. The van der Waals surface area contributed by atoms with Crippen molar-refractivity contribution in [3.05, 3.63) is 71.4 Å². The van der Waals surface area contributed by atoms with Gasteiger partial charge in [-0.3, -0.25) is 19.3 Å². The second kappa shape index (κ2) is 8.75. The van der Waals surface area contributed by atoms with E-state index in [4.69, 9.17) is 0 Å². The minimum absolute atomic E-state index is 0.0119. The van der Waals surface area contributed by atoms with Crippen molar-refractivity contribution in [3.8, 4) is 0 Å². The average Bonchev–Trinajstić information content (AvgIpc) is 3.36. The van der Waals surface area contributed by atoms with Crippen LogP contribution in [0.1, 0.15) is 54.8 Å². The molecule has 0 spiro atoms. The van der Waals surface area contributed by atoms with Gasteiger partial charge in [0.15, 0.2) is 0 Å². The lowest BCUT2D eigenvalue weighted by Crippen LogP contribution is -2.49. The second-order valence-electron chi connectivity index (χ2n) is 10.2. The van der Waals surface area contributed by atoms with Gasteiger partial charge in [0.25, 0.3) is 0 Å². The van der Waals surface area contributed by atoms with E-state index in [1.165, 1.54) is 17.0 Å². The maximum absolute atomic E-state index is 13.8. The fourth-order valence-corrected chi connectivity index (χ4v) is 6.57. The van der Waals surface area contributed by atoms with Crippen molar-refractivity contribution in [1.29, 1.82) is 0 Å². The molecular weight excluding hydrogens is 483 g/mol. The zero-order valence-electron chi connectivity index (χ0n) is 19.9. The van der Waals surface area contributed by atoms with Gasteiger partial charge >= 0.3 is 6.18 Å². The highest BCUT2D eigenvalue weighted by Crippen LogP contribution is 2.53. The van der Waals surface area contributed by atoms with Gasteiger partial charge in [0.05, 0.1) is 23.4 Å². The molecule has 9 heteroatoms. The van der Waals surface area contributed by atoms with Gasteiger partial charge in [-0.25, -0.2) is 0 Å². The van der Waals surface area contributed by atoms with Gasteiger partial charge in [-0.1, -0.05) is 49.6 Å². The van der Waals surface area contributed by atoms with Gasteiger partial charge in [-0.05, 0) is 48.2 Å². The van der Waals surface area contributed by atoms with Crippen molar-refractivity contribution in [2.24, 2.45) is 11.8 Å². The molecule has 37 heavy (non-hydrogen) atoms. The van der Waals surface area contributed by atoms with Crippen LogP contribution in [0.3, 0.4) is 0 Å². The molecule has 3 amide bonds. The number of rotatable bonds is 3. The van der Waals surface area contributed by atoms with Crippen LogP contribution in [-0.4, -0.2) is 39.6 Å². The number of benzene rings is 2. The molecule has 2 saturated heterocycles. The molecule has 0 bridgehead atoms. The predicted octanol–water partition coefficient (Wildman–Crippen LogP) is 4.99. The van der Waals surface area contributed by atoms with Gasteiger partial charge in [0.1, 0.15) is 6.04 Å². The van der Waals surface area contributed by atoms with Crippen LogP contribution in [0.25, 0.3) is 6.08 Å². The van der Waals surface area contributed by atoms with Crippen LogP contribution in [0.4, 0.5) is 18.9 Å². The Morgan fingerprint density at radius 1 is 0.919 bits per heavy atom. The maximum atomic E-state index is 13.8. The SMILES string of the molecule is O=C(Nc1cccc(C(F)(F)F)c1)C1C2C(=O)N(C3CCCCC3)C(=O)C2C2c3ccccc3C=CN12. The van der Waals surface area contributed by atoms with Crippen LogP contribution in [0, 0.1) is 11.8 Å². The van der Waals surface area contributed by atoms with E-state index in [-0.39, 0.29) is 23.5 Å². The number of imide groups is 1. The number of fused-ring (bicyclic) bond motifs is 5. The Bertz CT molecular complexity index is 1300. The number of nitrogens with zero attached hydrogens (tertiary/aromatic N) is 2. The first-order chi connectivity index (χ1) is 17.8. The van der Waals surface area contributed by atoms with Gasteiger partial charge in [0.2, 0.25) is 17.7 Å². The van der Waals surface area contributed by atoms with E-state index in [2.05, 4.69) is 5.32 Å². The predicted molar refractivity (Wildman–Crippen MR) is 130 cm³/mol. The standard InChI is InChI=1S/C28H26F3N3O3/c29-28(30,31)17-8-6-9-18(15-17)32-25(35)24-22-21(23-20-12-5-4-7-16(20)13-14-33(23)24)26(36)34(27(22)37)19-10-2-1-3-11-19/h4-9,12-15,19,21-24H,1-3,10-11H2,(H,32,35). The van der Waals surface area contributed by atoms with Gasteiger partial charge in [-0.2, -0.15) is 13.2 Å². The molecule has 6 rings (SSSR count). The third kappa shape index (κ3) is 3.83. The number of halogens is 3. The van der Waals surface area contributed by atoms with Gasteiger partial charge in [0, 0.05) is 17.9 Å². The number of likely N-dealkylation sites (tertiary alicyclic amines) is 1. The number of alkyl halides is 3. The highest BCUT2D eigenvalue weighted by Gasteiger charge is 2.65. The molecule has 2 aromatic carbocycles. The summed E-state index contributed by atoms with van der Waals surface area (Å²) in [6.45, 7) is 0. The number of anilines is 1.